The van der Waals surface area contributed by atoms with Gasteiger partial charge in [0.2, 0.25) is 0 Å². The molecule has 0 aromatic rings. The van der Waals surface area contributed by atoms with Crippen molar-refractivity contribution in [2.24, 2.45) is 5.92 Å². The van der Waals surface area contributed by atoms with Gasteiger partial charge in [-0.25, -0.2) is 4.79 Å². The summed E-state index contributed by atoms with van der Waals surface area (Å²) in [5, 5.41) is 11.6. The van der Waals surface area contributed by atoms with Crippen molar-refractivity contribution in [3.8, 4) is 0 Å². The van der Waals surface area contributed by atoms with Crippen LogP contribution in [-0.4, -0.2) is 54.4 Å². The fourth-order valence-corrected chi connectivity index (χ4v) is 2.54. The molecule has 1 heterocycles. The van der Waals surface area contributed by atoms with Crippen LogP contribution in [0.1, 0.15) is 33.1 Å². The van der Waals surface area contributed by atoms with Crippen LogP contribution in [0, 0.1) is 5.92 Å². The first-order valence-corrected chi connectivity index (χ1v) is 6.92. The Balaban J connectivity index is 2.47. The first-order chi connectivity index (χ1) is 9.05. The van der Waals surface area contributed by atoms with Crippen LogP contribution < -0.4 is 5.32 Å². The Morgan fingerprint density at radius 3 is 2.68 bits per heavy atom. The van der Waals surface area contributed by atoms with E-state index in [9.17, 15) is 9.59 Å². The van der Waals surface area contributed by atoms with Gasteiger partial charge in [-0.1, -0.05) is 6.92 Å². The Morgan fingerprint density at radius 2 is 2.11 bits per heavy atom. The fourth-order valence-electron chi connectivity index (χ4n) is 2.54. The molecule has 0 bridgehead atoms. The lowest BCUT2D eigenvalue weighted by atomic mass is 9.90. The van der Waals surface area contributed by atoms with E-state index in [1.54, 1.807) is 6.92 Å². The van der Waals surface area contributed by atoms with E-state index in [0.717, 1.165) is 26.1 Å². The number of piperidine rings is 1. The summed E-state index contributed by atoms with van der Waals surface area (Å²) in [6, 6.07) is 0.0477. The lowest BCUT2D eigenvalue weighted by Gasteiger charge is -2.37. The van der Waals surface area contributed by atoms with Crippen LogP contribution >= 0.6 is 0 Å². The van der Waals surface area contributed by atoms with Gasteiger partial charge in [0.15, 0.2) is 0 Å². The Morgan fingerprint density at radius 1 is 1.37 bits per heavy atom. The van der Waals surface area contributed by atoms with Gasteiger partial charge in [-0.3, -0.25) is 4.79 Å². The molecule has 1 rings (SSSR count). The lowest BCUT2D eigenvalue weighted by Crippen LogP contribution is -2.50. The smallest absolute Gasteiger partial charge is 0.407 e. The largest absolute Gasteiger partial charge is 0.481 e. The van der Waals surface area contributed by atoms with Gasteiger partial charge in [0, 0.05) is 25.6 Å². The van der Waals surface area contributed by atoms with Crippen LogP contribution in [-0.2, 0) is 9.53 Å². The zero-order chi connectivity index (χ0) is 14.3. The van der Waals surface area contributed by atoms with E-state index in [1.165, 1.54) is 0 Å². The van der Waals surface area contributed by atoms with Crippen LogP contribution in [0.3, 0.4) is 0 Å². The number of amides is 1. The molecule has 6 nitrogen and oxygen atoms in total. The minimum absolute atomic E-state index is 0.0477. The van der Waals surface area contributed by atoms with Crippen molar-refractivity contribution < 1.29 is 19.4 Å². The molecule has 1 amide bonds. The maximum atomic E-state index is 11.4. The van der Waals surface area contributed by atoms with Crippen molar-refractivity contribution in [1.82, 2.24) is 10.2 Å². The number of carbonyl (C=O) groups is 2. The van der Waals surface area contributed by atoms with Gasteiger partial charge in [-0.05, 0) is 32.2 Å². The normalized spacial score (nSPS) is 23.9. The van der Waals surface area contributed by atoms with Crippen molar-refractivity contribution in [1.29, 1.82) is 0 Å². The third-order valence-electron chi connectivity index (χ3n) is 3.42. The topological polar surface area (TPSA) is 78.9 Å². The molecule has 19 heavy (non-hydrogen) atoms. The number of likely N-dealkylation sites (tertiary alicyclic amines) is 1. The van der Waals surface area contributed by atoms with Gasteiger partial charge < -0.3 is 20.1 Å². The first-order valence-electron chi connectivity index (χ1n) is 6.92. The van der Waals surface area contributed by atoms with Crippen molar-refractivity contribution >= 4 is 12.1 Å². The van der Waals surface area contributed by atoms with Crippen molar-refractivity contribution in [2.75, 3.05) is 26.2 Å². The van der Waals surface area contributed by atoms with Crippen molar-refractivity contribution in [2.45, 2.75) is 39.2 Å². The highest BCUT2D eigenvalue weighted by Gasteiger charge is 2.27. The quantitative estimate of drug-likeness (QED) is 0.762. The molecule has 1 aliphatic heterocycles. The van der Waals surface area contributed by atoms with Crippen LogP contribution in [0.15, 0.2) is 0 Å². The molecule has 2 N–H and O–H groups in total. The van der Waals surface area contributed by atoms with Gasteiger partial charge in [-0.2, -0.15) is 0 Å². The van der Waals surface area contributed by atoms with E-state index in [0.29, 0.717) is 18.9 Å². The first kappa shape index (κ1) is 15.8. The SMILES string of the molecule is CCOC(=O)NC1CC(CCC(=O)O)CN(CC)C1. The van der Waals surface area contributed by atoms with E-state index < -0.39 is 5.97 Å². The van der Waals surface area contributed by atoms with Gasteiger partial charge >= 0.3 is 12.1 Å². The number of hydrogen-bond donors (Lipinski definition) is 2. The number of likely N-dealkylation sites (N-methyl/N-ethyl adjacent to an activating group) is 1. The Labute approximate surface area is 114 Å². The predicted octanol–water partition coefficient (Wildman–Crippen LogP) is 1.31. The summed E-state index contributed by atoms with van der Waals surface area (Å²) in [6.07, 6.45) is 1.28. The summed E-state index contributed by atoms with van der Waals surface area (Å²) in [5.41, 5.74) is 0. The molecule has 0 aromatic heterocycles. The zero-order valence-electron chi connectivity index (χ0n) is 11.7. The molecular formula is C13H24N2O4. The zero-order valence-corrected chi connectivity index (χ0v) is 11.7. The van der Waals surface area contributed by atoms with E-state index in [1.807, 2.05) is 0 Å². The van der Waals surface area contributed by atoms with Gasteiger partial charge in [0.05, 0.1) is 6.61 Å². The average molecular weight is 272 g/mol. The highest BCUT2D eigenvalue weighted by molar-refractivity contribution is 5.67. The second-order valence-corrected chi connectivity index (χ2v) is 4.95. The summed E-state index contributed by atoms with van der Waals surface area (Å²) in [5.74, 6) is -0.444. The van der Waals surface area contributed by atoms with Gasteiger partial charge in [0.1, 0.15) is 0 Å². The number of ether oxygens (including phenoxy) is 1. The molecule has 1 aliphatic rings. The molecule has 0 aliphatic carbocycles. The fraction of sp³-hybridized carbons (Fsp3) is 0.846. The molecule has 0 saturated carbocycles. The van der Waals surface area contributed by atoms with Crippen molar-refractivity contribution in [3.63, 3.8) is 0 Å². The van der Waals surface area contributed by atoms with E-state index in [2.05, 4.69) is 17.1 Å². The number of nitrogens with zero attached hydrogens (tertiary/aromatic N) is 1. The van der Waals surface area contributed by atoms with E-state index in [-0.39, 0.29) is 18.6 Å². The number of carbonyl (C=O) groups excluding carboxylic acids is 1. The molecule has 1 saturated heterocycles. The van der Waals surface area contributed by atoms with Crippen molar-refractivity contribution in [3.05, 3.63) is 0 Å². The third-order valence-corrected chi connectivity index (χ3v) is 3.42. The second kappa shape index (κ2) is 7.99. The molecule has 0 radical (unpaired) electrons. The Kier molecular flexibility index (Phi) is 6.62. The number of alkyl carbamates (subject to hydrolysis) is 1. The summed E-state index contributed by atoms with van der Waals surface area (Å²) < 4.78 is 4.88. The van der Waals surface area contributed by atoms with Crippen LogP contribution in [0.4, 0.5) is 4.79 Å². The summed E-state index contributed by atoms with van der Waals surface area (Å²) in [7, 11) is 0. The maximum Gasteiger partial charge on any atom is 0.407 e. The van der Waals surface area contributed by atoms with Gasteiger partial charge in [0.25, 0.3) is 0 Å². The average Bonchev–Trinajstić information content (AvgIpc) is 2.36. The van der Waals surface area contributed by atoms with Crippen LogP contribution in [0.2, 0.25) is 0 Å². The number of carboxylic acid groups (broad SMARTS) is 1. The number of carboxylic acids is 1. The number of nitrogens with one attached hydrogen (secondary N) is 1. The molecule has 6 heteroatoms. The van der Waals surface area contributed by atoms with E-state index in [4.69, 9.17) is 9.84 Å². The monoisotopic (exact) mass is 272 g/mol. The molecule has 2 atom stereocenters. The van der Waals surface area contributed by atoms with Gasteiger partial charge in [-0.15, -0.1) is 0 Å². The number of aliphatic carboxylic acids is 1. The number of hydrogen-bond acceptors (Lipinski definition) is 4. The minimum atomic E-state index is -0.761. The molecule has 110 valence electrons. The van der Waals surface area contributed by atoms with E-state index >= 15 is 0 Å². The summed E-state index contributed by atoms with van der Waals surface area (Å²) in [4.78, 5) is 24.3. The highest BCUT2D eigenvalue weighted by atomic mass is 16.5. The lowest BCUT2D eigenvalue weighted by molar-refractivity contribution is -0.137. The predicted molar refractivity (Wildman–Crippen MR) is 71.0 cm³/mol. The molecule has 2 unspecified atom stereocenters. The molecule has 1 fully saturated rings. The summed E-state index contributed by atoms with van der Waals surface area (Å²) >= 11 is 0. The Hall–Kier alpha value is -1.30. The maximum absolute atomic E-state index is 11.4. The Bertz CT molecular complexity index is 309. The highest BCUT2D eigenvalue weighted by Crippen LogP contribution is 2.21. The second-order valence-electron chi connectivity index (χ2n) is 4.95. The molecule has 0 spiro atoms. The van der Waals surface area contributed by atoms with Crippen LogP contribution in [0.5, 0.6) is 0 Å². The third kappa shape index (κ3) is 5.92. The summed E-state index contributed by atoms with van der Waals surface area (Å²) in [6.45, 7) is 6.82. The molecular weight excluding hydrogens is 248 g/mol. The number of rotatable bonds is 6. The minimum Gasteiger partial charge on any atom is -0.481 e. The standard InChI is InChI=1S/C13H24N2O4/c1-3-15-8-10(5-6-12(16)17)7-11(9-15)14-13(18)19-4-2/h10-11H,3-9H2,1-2H3,(H,14,18)(H,16,17). The molecule has 0 aromatic carbocycles. The van der Waals surface area contributed by atoms with Crippen LogP contribution in [0.25, 0.3) is 0 Å².